The van der Waals surface area contributed by atoms with E-state index in [2.05, 4.69) is 20.4 Å². The molecule has 0 N–H and O–H groups in total. The van der Waals surface area contributed by atoms with Gasteiger partial charge in [-0.3, -0.25) is 4.79 Å². The summed E-state index contributed by atoms with van der Waals surface area (Å²) in [4.78, 5) is 47.5. The number of carbonyl (C=O) groups excluding carboxylic acids is 4. The largest absolute Gasteiger partial charge is 0.513 e. The molecular weight excluding hydrogens is 596 g/mol. The maximum absolute atomic E-state index is 12.9. The van der Waals surface area contributed by atoms with Crippen molar-refractivity contribution in [2.24, 2.45) is 0 Å². The summed E-state index contributed by atoms with van der Waals surface area (Å²) in [6.07, 6.45) is -0.920. The smallest absolute Gasteiger partial charge is 0.460 e. The van der Waals surface area contributed by atoms with Crippen LogP contribution in [0.25, 0.3) is 11.1 Å². The molecule has 3 aromatic carbocycles. The van der Waals surface area contributed by atoms with E-state index in [1.54, 1.807) is 19.1 Å². The molecule has 1 aliphatic carbocycles. The molecular formula is C35H36O11. The highest BCUT2D eigenvalue weighted by Crippen LogP contribution is 2.50. The van der Waals surface area contributed by atoms with Crippen LogP contribution in [0.5, 0.6) is 17.2 Å². The third-order valence-electron chi connectivity index (χ3n) is 7.01. The molecule has 0 heterocycles. The predicted molar refractivity (Wildman–Crippen MR) is 166 cm³/mol. The summed E-state index contributed by atoms with van der Waals surface area (Å²) in [6.45, 7) is 11.5. The zero-order valence-corrected chi connectivity index (χ0v) is 26.2. The van der Waals surface area contributed by atoms with Gasteiger partial charge in [-0.1, -0.05) is 32.6 Å². The molecule has 0 spiro atoms. The quantitative estimate of drug-likeness (QED) is 0.0701. The minimum absolute atomic E-state index is 0.0323. The first-order valence-corrected chi connectivity index (χ1v) is 14.6. The fourth-order valence-electron chi connectivity index (χ4n) is 4.76. The van der Waals surface area contributed by atoms with Crippen molar-refractivity contribution >= 4 is 24.1 Å². The summed E-state index contributed by atoms with van der Waals surface area (Å²) in [7, 11) is 0. The Labute approximate surface area is 266 Å². The van der Waals surface area contributed by atoms with Gasteiger partial charge in [0.2, 0.25) is 0 Å². The lowest BCUT2D eigenvalue weighted by atomic mass is 9.82. The Morgan fingerprint density at radius 2 is 1.13 bits per heavy atom. The number of fused-ring (bicyclic) bond motifs is 3. The number of hydrogen-bond donors (Lipinski definition) is 0. The highest BCUT2D eigenvalue weighted by Gasteiger charge is 2.36. The van der Waals surface area contributed by atoms with Gasteiger partial charge in [0.05, 0.1) is 32.0 Å². The number of ether oxygens (including phenoxy) is 7. The minimum Gasteiger partial charge on any atom is -0.460 e. The summed E-state index contributed by atoms with van der Waals surface area (Å²) in [5.74, 6) is -0.385. The Morgan fingerprint density at radius 3 is 1.67 bits per heavy atom. The van der Waals surface area contributed by atoms with Crippen LogP contribution < -0.4 is 14.2 Å². The molecule has 0 aromatic heterocycles. The van der Waals surface area contributed by atoms with Crippen molar-refractivity contribution in [3.63, 3.8) is 0 Å². The average Bonchev–Trinajstić information content (AvgIpc) is 3.23. The molecule has 11 heteroatoms. The van der Waals surface area contributed by atoms with E-state index in [-0.39, 0.29) is 56.9 Å². The summed E-state index contributed by atoms with van der Waals surface area (Å²) in [6, 6.07) is 16.9. The Morgan fingerprint density at radius 1 is 0.630 bits per heavy atom. The topological polar surface area (TPSA) is 133 Å². The second-order valence-corrected chi connectivity index (χ2v) is 10.9. The first-order chi connectivity index (χ1) is 22.0. The van der Waals surface area contributed by atoms with Crippen molar-refractivity contribution in [2.45, 2.75) is 33.1 Å². The first kappa shape index (κ1) is 33.9. The highest BCUT2D eigenvalue weighted by atomic mass is 16.7. The van der Waals surface area contributed by atoms with Crippen LogP contribution in [-0.2, 0) is 34.0 Å². The average molecular weight is 633 g/mol. The fraction of sp³-hybridized carbons (Fsp3) is 0.314. The van der Waals surface area contributed by atoms with Crippen LogP contribution in [-0.4, -0.2) is 63.7 Å². The Balaban J connectivity index is 1.19. The van der Waals surface area contributed by atoms with Crippen LogP contribution in [0.15, 0.2) is 72.8 Å². The fourth-order valence-corrected chi connectivity index (χ4v) is 4.76. The highest BCUT2D eigenvalue weighted by molar-refractivity contribution is 5.91. The number of carbonyl (C=O) groups is 4. The van der Waals surface area contributed by atoms with E-state index >= 15 is 0 Å². The Kier molecular flexibility index (Phi) is 11.3. The molecule has 1 aliphatic rings. The normalized spacial score (nSPS) is 12.3. The predicted octanol–water partition coefficient (Wildman–Crippen LogP) is 5.81. The van der Waals surface area contributed by atoms with Gasteiger partial charge in [-0.05, 0) is 77.7 Å². The standard InChI is InChI=1S/C35H36O11/c1-22(2)32(37)42-18-16-40-14-15-41-17-19-43-34(39)46-25-8-6-24(7-9-25)33(38)45-27-11-13-29-28-12-10-26(44-23(3)36)20-30(28)35(4,5)31(29)21-27/h6-13,20-21H,1,14-19H2,2-5H3. The lowest BCUT2D eigenvalue weighted by Crippen LogP contribution is -2.17. The lowest BCUT2D eigenvalue weighted by Gasteiger charge is -2.22. The molecule has 46 heavy (non-hydrogen) atoms. The molecule has 3 aromatic rings. The Bertz CT molecular complexity index is 1610. The van der Waals surface area contributed by atoms with Gasteiger partial charge in [0.15, 0.2) is 0 Å². The van der Waals surface area contributed by atoms with Crippen LogP contribution in [0, 0.1) is 0 Å². The van der Waals surface area contributed by atoms with Crippen LogP contribution in [0.1, 0.15) is 49.2 Å². The third kappa shape index (κ3) is 8.80. The van der Waals surface area contributed by atoms with Gasteiger partial charge >= 0.3 is 24.1 Å². The maximum atomic E-state index is 12.9. The van der Waals surface area contributed by atoms with E-state index in [1.807, 2.05) is 24.3 Å². The van der Waals surface area contributed by atoms with Gasteiger partial charge in [0.25, 0.3) is 0 Å². The van der Waals surface area contributed by atoms with E-state index in [0.29, 0.717) is 17.1 Å². The zero-order valence-electron chi connectivity index (χ0n) is 26.2. The minimum atomic E-state index is -0.920. The molecule has 0 amide bonds. The molecule has 11 nitrogen and oxygen atoms in total. The summed E-state index contributed by atoms with van der Waals surface area (Å²) < 4.78 is 36.5. The summed E-state index contributed by atoms with van der Waals surface area (Å²) >= 11 is 0. The van der Waals surface area contributed by atoms with Crippen molar-refractivity contribution in [3.05, 3.63) is 89.5 Å². The van der Waals surface area contributed by atoms with Gasteiger partial charge in [-0.25, -0.2) is 14.4 Å². The summed E-state index contributed by atoms with van der Waals surface area (Å²) in [5.41, 5.74) is 4.19. The second kappa shape index (κ2) is 15.3. The lowest BCUT2D eigenvalue weighted by molar-refractivity contribution is -0.140. The first-order valence-electron chi connectivity index (χ1n) is 14.6. The molecule has 0 atom stereocenters. The van der Waals surface area contributed by atoms with Crippen molar-refractivity contribution in [1.82, 2.24) is 0 Å². The van der Waals surface area contributed by atoms with E-state index < -0.39 is 23.5 Å². The molecule has 0 unspecified atom stereocenters. The van der Waals surface area contributed by atoms with Crippen molar-refractivity contribution in [3.8, 4) is 28.4 Å². The van der Waals surface area contributed by atoms with Crippen molar-refractivity contribution in [1.29, 1.82) is 0 Å². The SMILES string of the molecule is C=C(C)C(=O)OCCOCCOCCOC(=O)Oc1ccc(C(=O)Oc2ccc3c(c2)C(C)(C)c2cc(OC(C)=O)ccc2-3)cc1. The number of esters is 3. The molecule has 0 saturated heterocycles. The van der Waals surface area contributed by atoms with Crippen LogP contribution >= 0.6 is 0 Å². The molecule has 0 fully saturated rings. The molecule has 0 bridgehead atoms. The zero-order chi connectivity index (χ0) is 33.3. The van der Waals surface area contributed by atoms with E-state index in [1.165, 1.54) is 31.2 Å². The van der Waals surface area contributed by atoms with Crippen LogP contribution in [0.4, 0.5) is 4.79 Å². The number of benzene rings is 3. The molecule has 242 valence electrons. The van der Waals surface area contributed by atoms with Gasteiger partial charge in [-0.15, -0.1) is 0 Å². The van der Waals surface area contributed by atoms with Crippen LogP contribution in [0.2, 0.25) is 0 Å². The van der Waals surface area contributed by atoms with E-state index in [0.717, 1.165) is 22.3 Å². The van der Waals surface area contributed by atoms with Gasteiger partial charge < -0.3 is 33.2 Å². The van der Waals surface area contributed by atoms with Gasteiger partial charge in [0.1, 0.15) is 30.5 Å². The third-order valence-corrected chi connectivity index (χ3v) is 7.01. The van der Waals surface area contributed by atoms with E-state index in [9.17, 15) is 19.2 Å². The van der Waals surface area contributed by atoms with E-state index in [4.69, 9.17) is 33.2 Å². The van der Waals surface area contributed by atoms with Crippen LogP contribution in [0.3, 0.4) is 0 Å². The molecule has 0 saturated carbocycles. The number of rotatable bonds is 14. The second-order valence-electron chi connectivity index (χ2n) is 10.9. The molecule has 0 aliphatic heterocycles. The monoisotopic (exact) mass is 632 g/mol. The molecule has 0 radical (unpaired) electrons. The number of hydrogen-bond acceptors (Lipinski definition) is 11. The van der Waals surface area contributed by atoms with Gasteiger partial charge in [-0.2, -0.15) is 0 Å². The summed E-state index contributed by atoms with van der Waals surface area (Å²) in [5, 5.41) is 0. The maximum Gasteiger partial charge on any atom is 0.513 e. The molecule has 4 rings (SSSR count). The Hall–Kier alpha value is -5.00. The van der Waals surface area contributed by atoms with Crippen molar-refractivity contribution < 1.29 is 52.3 Å². The van der Waals surface area contributed by atoms with Gasteiger partial charge in [0, 0.05) is 17.9 Å². The van der Waals surface area contributed by atoms with Crippen molar-refractivity contribution in [2.75, 3.05) is 39.6 Å².